The Morgan fingerprint density at radius 2 is 1.96 bits per heavy atom. The lowest BCUT2D eigenvalue weighted by Gasteiger charge is -2.36. The van der Waals surface area contributed by atoms with Gasteiger partial charge in [-0.3, -0.25) is 10.1 Å². The highest BCUT2D eigenvalue weighted by Gasteiger charge is 2.49. The third-order valence-corrected chi connectivity index (χ3v) is 4.65. The lowest BCUT2D eigenvalue weighted by molar-refractivity contribution is -0.127. The van der Waals surface area contributed by atoms with Crippen LogP contribution in [0, 0.1) is 5.92 Å². The Labute approximate surface area is 147 Å². The number of aliphatic imine (C=N–C) groups is 1. The summed E-state index contributed by atoms with van der Waals surface area (Å²) in [4.78, 5) is 32.7. The second-order valence-corrected chi connectivity index (χ2v) is 6.98. The average Bonchev–Trinajstić information content (AvgIpc) is 3.13. The van der Waals surface area contributed by atoms with E-state index >= 15 is 0 Å². The third-order valence-electron chi connectivity index (χ3n) is 4.65. The second kappa shape index (κ2) is 6.50. The van der Waals surface area contributed by atoms with Crippen LogP contribution >= 0.6 is 0 Å². The molecule has 3 amide bonds. The molecule has 2 aliphatic heterocycles. The monoisotopic (exact) mass is 346 g/mol. The molecule has 0 bridgehead atoms. The topological polar surface area (TPSA) is 82.8 Å². The van der Waals surface area contributed by atoms with Gasteiger partial charge in [0, 0.05) is 19.3 Å². The summed E-state index contributed by atoms with van der Waals surface area (Å²) in [7, 11) is 1.67. The molecule has 0 saturated carbocycles. The van der Waals surface area contributed by atoms with Gasteiger partial charge in [-0.25, -0.2) is 14.5 Å². The normalized spacial score (nSPS) is 23.2. The maximum Gasteiger partial charge on any atom is 0.325 e. The van der Waals surface area contributed by atoms with E-state index in [0.717, 1.165) is 24.2 Å². The summed E-state index contributed by atoms with van der Waals surface area (Å²) in [5, 5.41) is 7.10. The zero-order valence-corrected chi connectivity index (χ0v) is 15.5. The number of hydrogen-bond donors (Lipinski definition) is 1. The fourth-order valence-electron chi connectivity index (χ4n) is 3.35. The maximum atomic E-state index is 12.5. The predicted molar refractivity (Wildman–Crippen MR) is 94.2 cm³/mol. The van der Waals surface area contributed by atoms with Crippen molar-refractivity contribution < 1.29 is 9.59 Å². The van der Waals surface area contributed by atoms with Gasteiger partial charge < -0.3 is 9.80 Å². The Kier molecular flexibility index (Phi) is 4.53. The van der Waals surface area contributed by atoms with Gasteiger partial charge in [0.2, 0.25) is 5.96 Å². The number of urea groups is 1. The highest BCUT2D eigenvalue weighted by atomic mass is 16.2. The highest BCUT2D eigenvalue weighted by Crippen LogP contribution is 2.26. The summed E-state index contributed by atoms with van der Waals surface area (Å²) in [5.74, 6) is 0.691. The van der Waals surface area contributed by atoms with Gasteiger partial charge in [-0.15, -0.1) is 0 Å². The van der Waals surface area contributed by atoms with Crippen molar-refractivity contribution in [1.29, 1.82) is 0 Å². The minimum absolute atomic E-state index is 0.298. The van der Waals surface area contributed by atoms with E-state index in [-0.39, 0.29) is 5.91 Å². The number of imide groups is 1. The second-order valence-electron chi connectivity index (χ2n) is 6.98. The molecule has 3 heterocycles. The molecule has 8 heteroatoms. The summed E-state index contributed by atoms with van der Waals surface area (Å²) in [6, 6.07) is 1.15. The molecule has 25 heavy (non-hydrogen) atoms. The zero-order valence-electron chi connectivity index (χ0n) is 15.5. The number of carbonyl (C=O) groups excluding carboxylic acids is 2. The quantitative estimate of drug-likeness (QED) is 0.884. The van der Waals surface area contributed by atoms with E-state index in [1.54, 1.807) is 7.05 Å². The van der Waals surface area contributed by atoms with Crippen LogP contribution in [0.3, 0.4) is 0 Å². The first-order valence-electron chi connectivity index (χ1n) is 8.87. The number of hydrogen-bond acceptors (Lipinski definition) is 5. The van der Waals surface area contributed by atoms with Gasteiger partial charge in [0.1, 0.15) is 0 Å². The average molecular weight is 346 g/mol. The summed E-state index contributed by atoms with van der Waals surface area (Å²) in [5.41, 5.74) is 2.05. The lowest BCUT2D eigenvalue weighted by Crippen LogP contribution is -2.64. The van der Waals surface area contributed by atoms with Crippen molar-refractivity contribution in [3.05, 3.63) is 17.5 Å². The predicted octanol–water partition coefficient (Wildman–Crippen LogP) is 1.06. The molecule has 8 nitrogen and oxygen atoms in total. The Morgan fingerprint density at radius 1 is 1.24 bits per heavy atom. The number of nitrogens with one attached hydrogen (secondary N) is 1. The van der Waals surface area contributed by atoms with Gasteiger partial charge >= 0.3 is 6.03 Å². The largest absolute Gasteiger partial charge is 0.325 e. The molecule has 1 aromatic heterocycles. The zero-order chi connectivity index (χ0) is 18.3. The first kappa shape index (κ1) is 17.4. The molecule has 0 spiro atoms. The number of fused-ring (bicyclic) bond motifs is 1. The first-order valence-corrected chi connectivity index (χ1v) is 8.87. The van der Waals surface area contributed by atoms with E-state index in [4.69, 9.17) is 4.99 Å². The van der Waals surface area contributed by atoms with Gasteiger partial charge in [0.25, 0.3) is 5.91 Å². The molecule has 1 saturated heterocycles. The van der Waals surface area contributed by atoms with E-state index in [0.29, 0.717) is 18.4 Å². The molecule has 2 atom stereocenters. The standard InChI is InChI=1S/C17H26N6O2/c1-6-11-8-12(7-2)23(20-11)16-18-14-13(22(16)9-10(3)4)15(24)19-17(25)21(14)5/h8,10,13-14H,6-7,9H2,1-5H3,(H,19,24,25). The molecular formula is C17H26N6O2. The van der Waals surface area contributed by atoms with Crippen molar-refractivity contribution in [2.45, 2.75) is 52.7 Å². The number of nitrogens with zero attached hydrogens (tertiary/aromatic N) is 5. The molecule has 0 aromatic carbocycles. The summed E-state index contributed by atoms with van der Waals surface area (Å²) in [6.45, 7) is 9.00. The van der Waals surface area contributed by atoms with Crippen LogP contribution in [0.5, 0.6) is 0 Å². The Bertz CT molecular complexity index is 723. The van der Waals surface area contributed by atoms with Crippen LogP contribution in [0.2, 0.25) is 0 Å². The van der Waals surface area contributed by atoms with Crippen molar-refractivity contribution >= 4 is 17.9 Å². The Hall–Kier alpha value is -2.38. The van der Waals surface area contributed by atoms with Crippen LogP contribution < -0.4 is 5.32 Å². The number of rotatable bonds is 4. The number of carbonyl (C=O) groups is 2. The molecule has 136 valence electrons. The molecule has 2 unspecified atom stereocenters. The van der Waals surface area contributed by atoms with Crippen molar-refractivity contribution in [1.82, 2.24) is 24.9 Å². The van der Waals surface area contributed by atoms with Crippen LogP contribution in [-0.2, 0) is 17.6 Å². The van der Waals surface area contributed by atoms with Crippen molar-refractivity contribution in [3.8, 4) is 0 Å². The van der Waals surface area contributed by atoms with Gasteiger partial charge in [0.05, 0.1) is 5.69 Å². The maximum absolute atomic E-state index is 12.5. The van der Waals surface area contributed by atoms with Gasteiger partial charge in [-0.2, -0.15) is 5.10 Å². The third kappa shape index (κ3) is 2.89. The molecular weight excluding hydrogens is 320 g/mol. The smallest absolute Gasteiger partial charge is 0.325 e. The van der Waals surface area contributed by atoms with E-state index < -0.39 is 18.2 Å². The van der Waals surface area contributed by atoms with Crippen molar-refractivity contribution in [3.63, 3.8) is 0 Å². The number of aromatic nitrogens is 2. The lowest BCUT2D eigenvalue weighted by atomic mass is 10.1. The van der Waals surface area contributed by atoms with Crippen LogP contribution in [0.25, 0.3) is 0 Å². The molecule has 0 radical (unpaired) electrons. The fourth-order valence-corrected chi connectivity index (χ4v) is 3.35. The Morgan fingerprint density at radius 3 is 2.56 bits per heavy atom. The van der Waals surface area contributed by atoms with Crippen LogP contribution in [0.1, 0.15) is 39.1 Å². The van der Waals surface area contributed by atoms with Gasteiger partial charge in [0.15, 0.2) is 12.2 Å². The van der Waals surface area contributed by atoms with E-state index in [9.17, 15) is 9.59 Å². The molecule has 1 fully saturated rings. The van der Waals surface area contributed by atoms with Crippen LogP contribution in [-0.4, -0.2) is 63.3 Å². The molecule has 1 N–H and O–H groups in total. The van der Waals surface area contributed by atoms with Gasteiger partial charge in [-0.1, -0.05) is 27.7 Å². The van der Waals surface area contributed by atoms with Crippen molar-refractivity contribution in [2.75, 3.05) is 13.6 Å². The SMILES string of the molecule is CCc1cc(CC)n(C2=NC3C(C(=O)NC(=O)N3C)N2CC(C)C)n1. The minimum atomic E-state index is -0.519. The number of aryl methyl sites for hydroxylation is 2. The van der Waals surface area contributed by atoms with Crippen LogP contribution in [0.15, 0.2) is 11.1 Å². The molecule has 2 aliphatic rings. The Balaban J connectivity index is 2.08. The van der Waals surface area contributed by atoms with E-state index in [1.165, 1.54) is 4.90 Å². The van der Waals surface area contributed by atoms with E-state index in [2.05, 4.69) is 44.2 Å². The van der Waals surface area contributed by atoms with Crippen LogP contribution in [0.4, 0.5) is 4.79 Å². The minimum Gasteiger partial charge on any atom is -0.325 e. The number of amides is 3. The van der Waals surface area contributed by atoms with E-state index in [1.807, 2.05) is 9.58 Å². The van der Waals surface area contributed by atoms with Gasteiger partial charge in [-0.05, 0) is 24.8 Å². The molecule has 3 rings (SSSR count). The summed E-state index contributed by atoms with van der Waals surface area (Å²) < 4.78 is 1.84. The first-order chi connectivity index (χ1) is 11.9. The van der Waals surface area contributed by atoms with Crippen molar-refractivity contribution in [2.24, 2.45) is 10.9 Å². The molecule has 0 aliphatic carbocycles. The summed E-state index contributed by atoms with van der Waals surface area (Å²) >= 11 is 0. The number of likely N-dealkylation sites (N-methyl/N-ethyl adjacent to an activating group) is 1. The molecule has 1 aromatic rings. The summed E-state index contributed by atoms with van der Waals surface area (Å²) in [6.07, 6.45) is 1.13. The highest BCUT2D eigenvalue weighted by molar-refractivity contribution is 6.04. The fraction of sp³-hybridized carbons (Fsp3) is 0.647.